The first-order valence-electron chi connectivity index (χ1n) is 7.44. The second kappa shape index (κ2) is 5.62. The fourth-order valence-corrected chi connectivity index (χ4v) is 3.74. The van der Waals surface area contributed by atoms with Gasteiger partial charge in [0.05, 0.1) is 0 Å². The van der Waals surface area contributed by atoms with Crippen molar-refractivity contribution in [2.24, 2.45) is 5.92 Å². The number of aryl methyl sites for hydroxylation is 1. The highest BCUT2D eigenvalue weighted by atomic mass is 32.1. The molecule has 0 saturated heterocycles. The summed E-state index contributed by atoms with van der Waals surface area (Å²) in [5.41, 5.74) is 1.62. The number of hydrogen-bond acceptors (Lipinski definition) is 5. The van der Waals surface area contributed by atoms with Crippen molar-refractivity contribution in [3.63, 3.8) is 0 Å². The Hall–Kier alpha value is -2.47. The lowest BCUT2D eigenvalue weighted by Crippen LogP contribution is -2.14. The van der Waals surface area contributed by atoms with Gasteiger partial charge < -0.3 is 9.73 Å². The lowest BCUT2D eigenvalue weighted by molar-refractivity contribution is -0.117. The zero-order chi connectivity index (χ0) is 15.8. The highest BCUT2D eigenvalue weighted by Crippen LogP contribution is 2.50. The van der Waals surface area contributed by atoms with Gasteiger partial charge in [-0.25, -0.2) is 0 Å². The average Bonchev–Trinajstić information content (AvgIpc) is 2.95. The standard InChI is InChI=1S/C17H15N3O2S/c1-10-2-7-15(23-10)13-8-14(13)16(21)19-12-5-3-11(4-6-12)17-20-18-9-22-17/h2-7,9,13-14H,8H2,1H3,(H,19,21)/t13-,14+/m0/s1. The van der Waals surface area contributed by atoms with E-state index in [0.717, 1.165) is 17.7 Å². The molecule has 1 amide bonds. The van der Waals surface area contributed by atoms with Gasteiger partial charge in [0.2, 0.25) is 18.2 Å². The molecule has 116 valence electrons. The smallest absolute Gasteiger partial charge is 0.247 e. The number of carbonyl (C=O) groups excluding carboxylic acids is 1. The highest BCUT2D eigenvalue weighted by Gasteiger charge is 2.44. The number of nitrogens with one attached hydrogen (secondary N) is 1. The number of hydrogen-bond donors (Lipinski definition) is 1. The van der Waals surface area contributed by atoms with E-state index in [-0.39, 0.29) is 11.8 Å². The molecular weight excluding hydrogens is 310 g/mol. The summed E-state index contributed by atoms with van der Waals surface area (Å²) in [6, 6.07) is 11.7. The number of carbonyl (C=O) groups is 1. The molecule has 1 aromatic carbocycles. The molecule has 3 aromatic rings. The van der Waals surface area contributed by atoms with Crippen molar-refractivity contribution in [2.75, 3.05) is 5.32 Å². The van der Waals surface area contributed by atoms with E-state index < -0.39 is 0 Å². The fourth-order valence-electron chi connectivity index (χ4n) is 2.68. The Kier molecular flexibility index (Phi) is 3.46. The summed E-state index contributed by atoms with van der Waals surface area (Å²) < 4.78 is 5.15. The first kappa shape index (κ1) is 14.1. The zero-order valence-corrected chi connectivity index (χ0v) is 13.3. The molecule has 0 aliphatic heterocycles. The molecule has 1 N–H and O–H groups in total. The Balaban J connectivity index is 1.40. The Morgan fingerprint density at radius 1 is 1.26 bits per heavy atom. The van der Waals surface area contributed by atoms with Crippen LogP contribution >= 0.6 is 11.3 Å². The van der Waals surface area contributed by atoms with Crippen LogP contribution in [0.25, 0.3) is 11.5 Å². The van der Waals surface area contributed by atoms with Crippen molar-refractivity contribution in [2.45, 2.75) is 19.3 Å². The van der Waals surface area contributed by atoms with Crippen LogP contribution in [0.3, 0.4) is 0 Å². The number of aromatic nitrogens is 2. The Morgan fingerprint density at radius 3 is 2.74 bits per heavy atom. The Bertz CT molecular complexity index is 824. The van der Waals surface area contributed by atoms with Crippen molar-refractivity contribution in [1.29, 1.82) is 0 Å². The van der Waals surface area contributed by atoms with E-state index >= 15 is 0 Å². The van der Waals surface area contributed by atoms with E-state index in [0.29, 0.717) is 11.8 Å². The molecule has 23 heavy (non-hydrogen) atoms. The predicted octanol–water partition coefficient (Wildman–Crippen LogP) is 3.85. The summed E-state index contributed by atoms with van der Waals surface area (Å²) in [6.07, 6.45) is 2.23. The van der Waals surface area contributed by atoms with Crippen LogP contribution in [-0.4, -0.2) is 16.1 Å². The van der Waals surface area contributed by atoms with Crippen LogP contribution in [0.5, 0.6) is 0 Å². The van der Waals surface area contributed by atoms with Gasteiger partial charge in [-0.2, -0.15) is 0 Å². The second-order valence-electron chi connectivity index (χ2n) is 5.71. The van der Waals surface area contributed by atoms with Gasteiger partial charge in [-0.05, 0) is 49.7 Å². The van der Waals surface area contributed by atoms with Crippen molar-refractivity contribution in [1.82, 2.24) is 10.2 Å². The molecule has 2 aromatic heterocycles. The summed E-state index contributed by atoms with van der Waals surface area (Å²) >= 11 is 1.78. The minimum atomic E-state index is 0.0867. The monoisotopic (exact) mass is 325 g/mol. The van der Waals surface area contributed by atoms with Gasteiger partial charge in [-0.15, -0.1) is 21.5 Å². The van der Waals surface area contributed by atoms with Crippen LogP contribution in [0.2, 0.25) is 0 Å². The molecule has 4 rings (SSSR count). The molecule has 1 saturated carbocycles. The third kappa shape index (κ3) is 2.90. The molecule has 2 atom stereocenters. The molecule has 6 heteroatoms. The summed E-state index contributed by atoms with van der Waals surface area (Å²) in [5, 5.41) is 10.5. The number of nitrogens with zero attached hydrogens (tertiary/aromatic N) is 2. The van der Waals surface area contributed by atoms with Crippen LogP contribution in [0.15, 0.2) is 47.2 Å². The number of amides is 1. The average molecular weight is 325 g/mol. The van der Waals surface area contributed by atoms with E-state index in [2.05, 4.69) is 34.6 Å². The van der Waals surface area contributed by atoms with Gasteiger partial charge in [0.25, 0.3) is 0 Å². The third-order valence-corrected chi connectivity index (χ3v) is 5.15. The molecule has 0 spiro atoms. The van der Waals surface area contributed by atoms with Gasteiger partial charge in [0.1, 0.15) is 0 Å². The normalized spacial score (nSPS) is 19.5. The predicted molar refractivity (Wildman–Crippen MR) is 88.3 cm³/mol. The minimum absolute atomic E-state index is 0.0867. The van der Waals surface area contributed by atoms with Gasteiger partial charge >= 0.3 is 0 Å². The van der Waals surface area contributed by atoms with Crippen LogP contribution in [0, 0.1) is 12.8 Å². The number of thiophene rings is 1. The van der Waals surface area contributed by atoms with E-state index in [1.165, 1.54) is 16.1 Å². The number of anilines is 1. The molecule has 1 fully saturated rings. The minimum Gasteiger partial charge on any atom is -0.423 e. The summed E-state index contributed by atoms with van der Waals surface area (Å²) in [4.78, 5) is 14.9. The van der Waals surface area contributed by atoms with E-state index in [1.54, 1.807) is 11.3 Å². The summed E-state index contributed by atoms with van der Waals surface area (Å²) in [7, 11) is 0. The maximum absolute atomic E-state index is 12.3. The highest BCUT2D eigenvalue weighted by molar-refractivity contribution is 7.12. The molecule has 1 aliphatic rings. The van der Waals surface area contributed by atoms with E-state index in [9.17, 15) is 4.79 Å². The summed E-state index contributed by atoms with van der Waals surface area (Å²) in [6.45, 7) is 2.09. The van der Waals surface area contributed by atoms with E-state index in [4.69, 9.17) is 4.42 Å². The van der Waals surface area contributed by atoms with Gasteiger partial charge in [-0.3, -0.25) is 4.79 Å². The first-order valence-corrected chi connectivity index (χ1v) is 8.26. The molecule has 2 heterocycles. The van der Waals surface area contributed by atoms with Crippen molar-refractivity contribution >= 4 is 22.9 Å². The molecule has 1 aliphatic carbocycles. The number of rotatable bonds is 4. The first-order chi connectivity index (χ1) is 11.2. The third-order valence-electron chi connectivity index (χ3n) is 4.01. The summed E-state index contributed by atoms with van der Waals surface area (Å²) in [5.74, 6) is 1.03. The van der Waals surface area contributed by atoms with Gasteiger partial charge in [-0.1, -0.05) is 0 Å². The van der Waals surface area contributed by atoms with Crippen molar-refractivity contribution in [3.05, 3.63) is 52.5 Å². The Labute approximate surface area is 137 Å². The quantitative estimate of drug-likeness (QED) is 0.791. The van der Waals surface area contributed by atoms with Crippen molar-refractivity contribution in [3.8, 4) is 11.5 Å². The molecule has 0 bridgehead atoms. The van der Waals surface area contributed by atoms with Crippen LogP contribution in [0.1, 0.15) is 22.1 Å². The molecular formula is C17H15N3O2S. The van der Waals surface area contributed by atoms with E-state index in [1.807, 2.05) is 24.3 Å². The largest absolute Gasteiger partial charge is 0.423 e. The van der Waals surface area contributed by atoms with Crippen LogP contribution in [0.4, 0.5) is 5.69 Å². The number of benzene rings is 1. The van der Waals surface area contributed by atoms with Crippen LogP contribution in [-0.2, 0) is 4.79 Å². The van der Waals surface area contributed by atoms with Crippen LogP contribution < -0.4 is 5.32 Å². The second-order valence-corrected chi connectivity index (χ2v) is 7.03. The molecule has 5 nitrogen and oxygen atoms in total. The fraction of sp³-hybridized carbons (Fsp3) is 0.235. The Morgan fingerprint density at radius 2 is 2.09 bits per heavy atom. The zero-order valence-electron chi connectivity index (χ0n) is 12.5. The topological polar surface area (TPSA) is 68.0 Å². The van der Waals surface area contributed by atoms with Gasteiger partial charge in [0.15, 0.2) is 0 Å². The molecule has 0 unspecified atom stereocenters. The lowest BCUT2D eigenvalue weighted by atomic mass is 10.2. The maximum Gasteiger partial charge on any atom is 0.247 e. The van der Waals surface area contributed by atoms with Gasteiger partial charge in [0, 0.05) is 32.8 Å². The molecule has 0 radical (unpaired) electrons. The maximum atomic E-state index is 12.3. The van der Waals surface area contributed by atoms with Crippen molar-refractivity contribution < 1.29 is 9.21 Å². The lowest BCUT2D eigenvalue weighted by Gasteiger charge is -2.05. The SMILES string of the molecule is Cc1ccc([C@H]2C[C@H]2C(=O)Nc2ccc(-c3nnco3)cc2)s1.